The summed E-state index contributed by atoms with van der Waals surface area (Å²) in [6.07, 6.45) is 0.0664. The van der Waals surface area contributed by atoms with Gasteiger partial charge in [0.15, 0.2) is 11.6 Å². The average Bonchev–Trinajstić information content (AvgIpc) is 2.65. The number of halogens is 1. The Labute approximate surface area is 96.2 Å². The number of hydrogen-bond donors (Lipinski definition) is 1. The van der Waals surface area contributed by atoms with Crippen molar-refractivity contribution in [2.45, 2.75) is 6.42 Å². The van der Waals surface area contributed by atoms with Gasteiger partial charge in [0.1, 0.15) is 5.69 Å². The van der Waals surface area contributed by atoms with Crippen molar-refractivity contribution in [1.82, 2.24) is 10.3 Å². The molecule has 0 radical (unpaired) electrons. The molecule has 0 aliphatic rings. The van der Waals surface area contributed by atoms with Gasteiger partial charge in [0.05, 0.1) is 6.42 Å². The fourth-order valence-electron chi connectivity index (χ4n) is 1.23. The van der Waals surface area contributed by atoms with Crippen LogP contribution in [0.3, 0.4) is 0 Å². The van der Waals surface area contributed by atoms with Crippen LogP contribution in [0, 0.1) is 0 Å². The molecule has 0 atom stereocenters. The number of aromatic nitrogens is 2. The molecule has 1 aromatic carbocycles. The lowest BCUT2D eigenvalue weighted by molar-refractivity contribution is 0.0990. The smallest absolute Gasteiger partial charge is 0.191 e. The van der Waals surface area contributed by atoms with E-state index < -0.39 is 0 Å². The number of carbonyl (C=O) groups is 1. The molecule has 2 aromatic rings. The zero-order valence-corrected chi connectivity index (χ0v) is 8.94. The predicted octanol–water partition coefficient (Wildman–Crippen LogP) is 1.73. The molecule has 5 nitrogen and oxygen atoms in total. The fourth-order valence-corrected chi connectivity index (χ4v) is 1.35. The maximum absolute atomic E-state index is 11.8. The van der Waals surface area contributed by atoms with E-state index in [1.807, 2.05) is 0 Å². The minimum atomic E-state index is -0.112. The van der Waals surface area contributed by atoms with Crippen LogP contribution >= 0.6 is 11.6 Å². The van der Waals surface area contributed by atoms with Crippen molar-refractivity contribution in [2.24, 2.45) is 0 Å². The van der Waals surface area contributed by atoms with Gasteiger partial charge < -0.3 is 5.73 Å². The molecule has 0 saturated carbocycles. The monoisotopic (exact) mass is 237 g/mol. The summed E-state index contributed by atoms with van der Waals surface area (Å²) in [4.78, 5) is 11.8. The largest absolute Gasteiger partial charge is 0.379 e. The summed E-state index contributed by atoms with van der Waals surface area (Å²) in [5.41, 5.74) is 6.35. The first-order valence-electron chi connectivity index (χ1n) is 4.52. The van der Waals surface area contributed by atoms with E-state index in [9.17, 15) is 4.79 Å². The molecule has 0 saturated heterocycles. The molecule has 0 bridgehead atoms. The zero-order valence-electron chi connectivity index (χ0n) is 8.18. The fraction of sp³-hybridized carbons (Fsp3) is 0.100. The van der Waals surface area contributed by atoms with E-state index in [4.69, 9.17) is 17.3 Å². The lowest BCUT2D eigenvalue weighted by Gasteiger charge is -1.98. The van der Waals surface area contributed by atoms with Gasteiger partial charge in [0.25, 0.3) is 0 Å². The van der Waals surface area contributed by atoms with Gasteiger partial charge in [-0.25, -0.2) is 4.63 Å². The Hall–Kier alpha value is -1.88. The summed E-state index contributed by atoms with van der Waals surface area (Å²) < 4.78 is 4.40. The highest BCUT2D eigenvalue weighted by Crippen LogP contribution is 2.13. The molecule has 2 rings (SSSR count). The first-order chi connectivity index (χ1) is 7.66. The Kier molecular flexibility index (Phi) is 2.87. The Morgan fingerprint density at radius 1 is 1.31 bits per heavy atom. The first-order valence-corrected chi connectivity index (χ1v) is 4.90. The summed E-state index contributed by atoms with van der Waals surface area (Å²) in [5, 5.41) is 7.52. The second kappa shape index (κ2) is 4.32. The summed E-state index contributed by atoms with van der Waals surface area (Å²) in [6.45, 7) is 0. The normalized spacial score (nSPS) is 10.3. The number of anilines is 1. The minimum Gasteiger partial charge on any atom is -0.379 e. The third kappa shape index (κ3) is 2.20. The van der Waals surface area contributed by atoms with E-state index in [0.29, 0.717) is 16.3 Å². The minimum absolute atomic E-state index is 0.0664. The summed E-state index contributed by atoms with van der Waals surface area (Å²) in [5.74, 6) is 0.0291. The van der Waals surface area contributed by atoms with Crippen LogP contribution in [0.4, 0.5) is 5.82 Å². The zero-order chi connectivity index (χ0) is 11.5. The Morgan fingerprint density at radius 2 is 2.00 bits per heavy atom. The van der Waals surface area contributed by atoms with Crippen LogP contribution in [0.25, 0.3) is 0 Å². The Balaban J connectivity index is 2.15. The van der Waals surface area contributed by atoms with E-state index in [-0.39, 0.29) is 18.0 Å². The van der Waals surface area contributed by atoms with Gasteiger partial charge in [-0.05, 0) is 29.4 Å². The Morgan fingerprint density at radius 3 is 2.56 bits per heavy atom. The average molecular weight is 238 g/mol. The van der Waals surface area contributed by atoms with Crippen molar-refractivity contribution in [3.8, 4) is 0 Å². The van der Waals surface area contributed by atoms with E-state index >= 15 is 0 Å². The van der Waals surface area contributed by atoms with Crippen LogP contribution < -0.4 is 5.73 Å². The lowest BCUT2D eigenvalue weighted by Crippen LogP contribution is -2.05. The number of nitrogens with two attached hydrogens (primary N) is 1. The third-order valence-electron chi connectivity index (χ3n) is 2.08. The van der Waals surface area contributed by atoms with Crippen molar-refractivity contribution in [2.75, 3.05) is 5.73 Å². The summed E-state index contributed by atoms with van der Waals surface area (Å²) >= 11 is 5.72. The molecular weight excluding hydrogens is 230 g/mol. The van der Waals surface area contributed by atoms with Gasteiger partial charge in [0.2, 0.25) is 0 Å². The van der Waals surface area contributed by atoms with Crippen LogP contribution in [-0.4, -0.2) is 16.1 Å². The number of hydrogen-bond acceptors (Lipinski definition) is 5. The van der Waals surface area contributed by atoms with Gasteiger partial charge in [-0.15, -0.1) is 0 Å². The Bertz CT molecular complexity index is 507. The highest BCUT2D eigenvalue weighted by Gasteiger charge is 2.13. The van der Waals surface area contributed by atoms with E-state index in [1.54, 1.807) is 24.3 Å². The van der Waals surface area contributed by atoms with Crippen molar-refractivity contribution >= 4 is 23.2 Å². The number of benzene rings is 1. The standard InChI is InChI=1S/C10H8ClN3O2/c11-7-3-1-6(2-4-7)9(15)5-8-10(12)14-16-13-8/h1-4H,5H2,(H2,12,14). The quantitative estimate of drug-likeness (QED) is 0.822. The van der Waals surface area contributed by atoms with Crippen molar-refractivity contribution in [3.63, 3.8) is 0 Å². The highest BCUT2D eigenvalue weighted by molar-refractivity contribution is 6.30. The highest BCUT2D eigenvalue weighted by atomic mass is 35.5. The van der Waals surface area contributed by atoms with Gasteiger partial charge in [-0.1, -0.05) is 16.8 Å². The molecule has 6 heteroatoms. The first kappa shape index (κ1) is 10.6. The van der Waals surface area contributed by atoms with Gasteiger partial charge >= 0.3 is 0 Å². The van der Waals surface area contributed by atoms with Crippen LogP contribution in [0.2, 0.25) is 5.02 Å². The SMILES string of the molecule is Nc1nonc1CC(=O)c1ccc(Cl)cc1. The molecule has 1 heterocycles. The number of Topliss-reactive ketones (excluding diaryl/α,β-unsaturated/α-hetero) is 1. The van der Waals surface area contributed by atoms with Gasteiger partial charge in [0, 0.05) is 10.6 Å². The van der Waals surface area contributed by atoms with Crippen LogP contribution in [-0.2, 0) is 6.42 Å². The van der Waals surface area contributed by atoms with Gasteiger partial charge in [-0.2, -0.15) is 0 Å². The number of nitrogens with zero attached hydrogens (tertiary/aromatic N) is 2. The maximum atomic E-state index is 11.8. The molecule has 0 spiro atoms. The van der Waals surface area contributed by atoms with Crippen LogP contribution in [0.5, 0.6) is 0 Å². The number of carbonyl (C=O) groups excluding carboxylic acids is 1. The maximum Gasteiger partial charge on any atom is 0.191 e. The molecule has 0 fully saturated rings. The topological polar surface area (TPSA) is 82.0 Å². The van der Waals surface area contributed by atoms with Crippen LogP contribution in [0.15, 0.2) is 28.9 Å². The lowest BCUT2D eigenvalue weighted by atomic mass is 10.1. The van der Waals surface area contributed by atoms with E-state index in [1.165, 1.54) is 0 Å². The van der Waals surface area contributed by atoms with Gasteiger partial charge in [-0.3, -0.25) is 4.79 Å². The molecule has 0 amide bonds. The number of ketones is 1. The van der Waals surface area contributed by atoms with Crippen molar-refractivity contribution in [3.05, 3.63) is 40.5 Å². The van der Waals surface area contributed by atoms with Crippen molar-refractivity contribution < 1.29 is 9.42 Å². The molecule has 1 aromatic heterocycles. The van der Waals surface area contributed by atoms with E-state index in [2.05, 4.69) is 14.9 Å². The molecule has 2 N–H and O–H groups in total. The molecule has 82 valence electrons. The van der Waals surface area contributed by atoms with Crippen LogP contribution in [0.1, 0.15) is 16.1 Å². The third-order valence-corrected chi connectivity index (χ3v) is 2.33. The summed E-state index contributed by atoms with van der Waals surface area (Å²) in [7, 11) is 0. The number of nitrogen functional groups attached to an aromatic ring is 1. The predicted molar refractivity (Wildman–Crippen MR) is 58.2 cm³/mol. The van der Waals surface area contributed by atoms with Crippen molar-refractivity contribution in [1.29, 1.82) is 0 Å². The molecular formula is C10H8ClN3O2. The molecule has 0 aliphatic heterocycles. The van der Waals surface area contributed by atoms with E-state index in [0.717, 1.165) is 0 Å². The molecule has 0 unspecified atom stereocenters. The second-order valence-corrected chi connectivity index (χ2v) is 3.64. The molecule has 0 aliphatic carbocycles. The summed E-state index contributed by atoms with van der Waals surface area (Å²) in [6, 6.07) is 6.60. The second-order valence-electron chi connectivity index (χ2n) is 3.20. The molecule has 16 heavy (non-hydrogen) atoms. The number of rotatable bonds is 3.